The molecule has 0 aromatic heterocycles. The monoisotopic (exact) mass is 207 g/mol. The lowest BCUT2D eigenvalue weighted by Gasteiger charge is -2.22. The highest BCUT2D eigenvalue weighted by molar-refractivity contribution is 5.23. The Kier molecular flexibility index (Phi) is 4.30. The molecule has 0 unspecified atom stereocenters. The number of hydrogen-bond acceptors (Lipinski definition) is 2. The van der Waals surface area contributed by atoms with Gasteiger partial charge in [0, 0.05) is 7.11 Å². The van der Waals surface area contributed by atoms with E-state index in [4.69, 9.17) is 10.5 Å². The third kappa shape index (κ3) is 4.02. The van der Waals surface area contributed by atoms with E-state index in [-0.39, 0.29) is 5.41 Å². The molecule has 1 rings (SSSR count). The Morgan fingerprint density at radius 1 is 1.13 bits per heavy atom. The summed E-state index contributed by atoms with van der Waals surface area (Å²) in [6, 6.07) is 8.55. The number of rotatable bonds is 5. The van der Waals surface area contributed by atoms with E-state index in [1.807, 2.05) is 0 Å². The highest BCUT2D eigenvalue weighted by Crippen LogP contribution is 2.20. The smallest absolute Gasteiger partial charge is 0.0713 e. The minimum absolute atomic E-state index is 0.183. The van der Waals surface area contributed by atoms with Crippen molar-refractivity contribution in [3.63, 3.8) is 0 Å². The van der Waals surface area contributed by atoms with Crippen molar-refractivity contribution in [2.45, 2.75) is 26.9 Å². The molecule has 0 bridgehead atoms. The van der Waals surface area contributed by atoms with E-state index in [1.165, 1.54) is 11.1 Å². The van der Waals surface area contributed by atoms with Gasteiger partial charge in [-0.3, -0.25) is 0 Å². The number of nitrogens with two attached hydrogens (primary N) is 1. The molecular formula is C13H21NO. The first-order chi connectivity index (χ1) is 7.07. The van der Waals surface area contributed by atoms with Gasteiger partial charge >= 0.3 is 0 Å². The lowest BCUT2D eigenvalue weighted by atomic mass is 9.86. The first-order valence-corrected chi connectivity index (χ1v) is 5.34. The van der Waals surface area contributed by atoms with Gasteiger partial charge in [0.1, 0.15) is 0 Å². The summed E-state index contributed by atoms with van der Waals surface area (Å²) >= 11 is 0. The molecule has 1 aromatic rings. The van der Waals surface area contributed by atoms with Gasteiger partial charge in [-0.05, 0) is 29.5 Å². The van der Waals surface area contributed by atoms with Gasteiger partial charge in [0.25, 0.3) is 0 Å². The largest absolute Gasteiger partial charge is 0.380 e. The fourth-order valence-electron chi connectivity index (χ4n) is 1.54. The van der Waals surface area contributed by atoms with Crippen LogP contribution in [0.4, 0.5) is 0 Å². The van der Waals surface area contributed by atoms with Gasteiger partial charge in [-0.2, -0.15) is 0 Å². The van der Waals surface area contributed by atoms with Crippen LogP contribution in [0.5, 0.6) is 0 Å². The van der Waals surface area contributed by atoms with E-state index in [0.717, 1.165) is 6.42 Å². The molecule has 2 nitrogen and oxygen atoms in total. The highest BCUT2D eigenvalue weighted by Gasteiger charge is 2.15. The topological polar surface area (TPSA) is 35.2 Å². The van der Waals surface area contributed by atoms with Crippen molar-refractivity contribution in [1.82, 2.24) is 0 Å². The quantitative estimate of drug-likeness (QED) is 0.804. The lowest BCUT2D eigenvalue weighted by Crippen LogP contribution is -2.25. The predicted molar refractivity (Wildman–Crippen MR) is 63.7 cm³/mol. The van der Waals surface area contributed by atoms with E-state index < -0.39 is 0 Å². The van der Waals surface area contributed by atoms with Gasteiger partial charge in [0.15, 0.2) is 0 Å². The summed E-state index contributed by atoms with van der Waals surface area (Å²) in [5.74, 6) is 0. The van der Waals surface area contributed by atoms with E-state index in [0.29, 0.717) is 13.2 Å². The Morgan fingerprint density at radius 3 is 2.13 bits per heavy atom. The summed E-state index contributed by atoms with van der Waals surface area (Å²) in [7, 11) is 1.71. The minimum atomic E-state index is 0.183. The Morgan fingerprint density at radius 2 is 1.67 bits per heavy atom. The lowest BCUT2D eigenvalue weighted by molar-refractivity contribution is 0.185. The molecule has 0 atom stereocenters. The standard InChI is InChI=1S/C13H21NO/c1-13(2,10-14)8-11-4-6-12(7-5-11)9-15-3/h4-7H,8-10,14H2,1-3H3. The highest BCUT2D eigenvalue weighted by atomic mass is 16.5. The molecule has 0 aliphatic rings. The summed E-state index contributed by atoms with van der Waals surface area (Å²) in [5.41, 5.74) is 8.45. The number of benzene rings is 1. The maximum atomic E-state index is 5.71. The zero-order chi connectivity index (χ0) is 11.3. The van der Waals surface area contributed by atoms with Gasteiger partial charge in [-0.25, -0.2) is 0 Å². The summed E-state index contributed by atoms with van der Waals surface area (Å²) in [4.78, 5) is 0. The maximum Gasteiger partial charge on any atom is 0.0713 e. The molecule has 0 aliphatic heterocycles. The van der Waals surface area contributed by atoms with Crippen molar-refractivity contribution in [3.05, 3.63) is 35.4 Å². The van der Waals surface area contributed by atoms with E-state index >= 15 is 0 Å². The molecule has 0 spiro atoms. The average Bonchev–Trinajstić information content (AvgIpc) is 2.21. The molecule has 0 saturated heterocycles. The van der Waals surface area contributed by atoms with Crippen LogP contribution >= 0.6 is 0 Å². The van der Waals surface area contributed by atoms with Crippen LogP contribution in [0.25, 0.3) is 0 Å². The molecule has 2 N–H and O–H groups in total. The van der Waals surface area contributed by atoms with Crippen LogP contribution < -0.4 is 5.73 Å². The van der Waals surface area contributed by atoms with Crippen LogP contribution in [0.15, 0.2) is 24.3 Å². The summed E-state index contributed by atoms with van der Waals surface area (Å²) in [6.45, 7) is 5.78. The van der Waals surface area contributed by atoms with Gasteiger partial charge in [0.2, 0.25) is 0 Å². The van der Waals surface area contributed by atoms with Crippen molar-refractivity contribution in [2.75, 3.05) is 13.7 Å². The second-order valence-corrected chi connectivity index (χ2v) is 4.79. The predicted octanol–water partition coefficient (Wildman–Crippen LogP) is 2.36. The molecule has 0 heterocycles. The molecule has 0 fully saturated rings. The summed E-state index contributed by atoms with van der Waals surface area (Å²) < 4.78 is 5.07. The zero-order valence-corrected chi connectivity index (χ0v) is 9.92. The number of methoxy groups -OCH3 is 1. The first kappa shape index (κ1) is 12.2. The van der Waals surface area contributed by atoms with Gasteiger partial charge < -0.3 is 10.5 Å². The number of ether oxygens (including phenoxy) is 1. The van der Waals surface area contributed by atoms with Crippen molar-refractivity contribution < 1.29 is 4.74 Å². The Balaban J connectivity index is 2.64. The first-order valence-electron chi connectivity index (χ1n) is 5.34. The van der Waals surface area contributed by atoms with E-state index in [9.17, 15) is 0 Å². The van der Waals surface area contributed by atoms with E-state index in [1.54, 1.807) is 7.11 Å². The summed E-state index contributed by atoms with van der Waals surface area (Å²) in [5, 5.41) is 0. The number of hydrogen-bond donors (Lipinski definition) is 1. The second-order valence-electron chi connectivity index (χ2n) is 4.79. The van der Waals surface area contributed by atoms with E-state index in [2.05, 4.69) is 38.1 Å². The third-order valence-corrected chi connectivity index (χ3v) is 2.57. The Hall–Kier alpha value is -0.860. The average molecular weight is 207 g/mol. The molecule has 1 aromatic carbocycles. The van der Waals surface area contributed by atoms with Gasteiger partial charge in [-0.15, -0.1) is 0 Å². The van der Waals surface area contributed by atoms with Crippen LogP contribution in [0.1, 0.15) is 25.0 Å². The van der Waals surface area contributed by atoms with Gasteiger partial charge in [0.05, 0.1) is 6.61 Å². The molecule has 84 valence electrons. The van der Waals surface area contributed by atoms with Gasteiger partial charge in [-0.1, -0.05) is 38.1 Å². The van der Waals surface area contributed by atoms with Crippen LogP contribution in [0.2, 0.25) is 0 Å². The van der Waals surface area contributed by atoms with Crippen molar-refractivity contribution in [3.8, 4) is 0 Å². The molecule has 0 amide bonds. The van der Waals surface area contributed by atoms with Crippen molar-refractivity contribution in [2.24, 2.45) is 11.1 Å². The SMILES string of the molecule is COCc1ccc(CC(C)(C)CN)cc1. The van der Waals surface area contributed by atoms with Crippen LogP contribution in [0, 0.1) is 5.41 Å². The van der Waals surface area contributed by atoms with Crippen LogP contribution in [-0.2, 0) is 17.8 Å². The van der Waals surface area contributed by atoms with Crippen LogP contribution in [0.3, 0.4) is 0 Å². The van der Waals surface area contributed by atoms with Crippen molar-refractivity contribution in [1.29, 1.82) is 0 Å². The molecule has 15 heavy (non-hydrogen) atoms. The molecule has 0 saturated carbocycles. The Labute approximate surface area is 92.4 Å². The third-order valence-electron chi connectivity index (χ3n) is 2.57. The normalized spacial score (nSPS) is 11.7. The van der Waals surface area contributed by atoms with Crippen LogP contribution in [-0.4, -0.2) is 13.7 Å². The maximum absolute atomic E-state index is 5.71. The molecule has 2 heteroatoms. The van der Waals surface area contributed by atoms with Crippen molar-refractivity contribution >= 4 is 0 Å². The minimum Gasteiger partial charge on any atom is -0.380 e. The Bertz CT molecular complexity index is 290. The fraction of sp³-hybridized carbons (Fsp3) is 0.538. The summed E-state index contributed by atoms with van der Waals surface area (Å²) in [6.07, 6.45) is 1.02. The molecular weight excluding hydrogens is 186 g/mol. The second kappa shape index (κ2) is 5.29. The zero-order valence-electron chi connectivity index (χ0n) is 9.92. The molecule has 0 aliphatic carbocycles. The fourth-order valence-corrected chi connectivity index (χ4v) is 1.54. The molecule has 0 radical (unpaired) electrons.